The molecule has 0 saturated heterocycles. The summed E-state index contributed by atoms with van der Waals surface area (Å²) in [6.45, 7) is 5.04. The van der Waals surface area contributed by atoms with E-state index >= 15 is 0 Å². The molecular weight excluding hydrogens is 228 g/mol. The van der Waals surface area contributed by atoms with E-state index in [-0.39, 0.29) is 17.4 Å². The molecule has 0 aliphatic heterocycles. The fraction of sp³-hybridized carbons (Fsp3) is 0.571. The number of hydrogen-bond acceptors (Lipinski definition) is 3. The smallest absolute Gasteiger partial charge is 0.276 e. The van der Waals surface area contributed by atoms with Crippen LogP contribution in [-0.2, 0) is 0 Å². The molecule has 1 amide bonds. The Balaban J connectivity index is 2.11. The lowest BCUT2D eigenvalue weighted by atomic mass is 10.1. The first-order valence-corrected chi connectivity index (χ1v) is 6.54. The van der Waals surface area contributed by atoms with Crippen molar-refractivity contribution in [3.05, 3.63) is 24.0 Å². The van der Waals surface area contributed by atoms with Gasteiger partial charge in [0.2, 0.25) is 0 Å². The SMILES string of the molecule is CC(C)CCN(C(=O)c1ncccc1O)C1CC1. The first-order valence-electron chi connectivity index (χ1n) is 6.54. The number of hydrogen-bond donors (Lipinski definition) is 1. The van der Waals surface area contributed by atoms with Gasteiger partial charge in [0, 0.05) is 18.8 Å². The molecule has 0 atom stereocenters. The highest BCUT2D eigenvalue weighted by Crippen LogP contribution is 2.29. The molecule has 4 nitrogen and oxygen atoms in total. The third kappa shape index (κ3) is 3.00. The zero-order valence-corrected chi connectivity index (χ0v) is 11.0. The van der Waals surface area contributed by atoms with Crippen LogP contribution >= 0.6 is 0 Å². The molecule has 18 heavy (non-hydrogen) atoms. The Labute approximate surface area is 108 Å². The number of pyridine rings is 1. The lowest BCUT2D eigenvalue weighted by molar-refractivity contribution is 0.0726. The summed E-state index contributed by atoms with van der Waals surface area (Å²) in [5.74, 6) is 0.394. The summed E-state index contributed by atoms with van der Waals surface area (Å²) in [7, 11) is 0. The van der Waals surface area contributed by atoms with E-state index in [1.807, 2.05) is 4.90 Å². The van der Waals surface area contributed by atoms with Gasteiger partial charge in [-0.1, -0.05) is 13.8 Å². The summed E-state index contributed by atoms with van der Waals surface area (Å²) < 4.78 is 0. The first kappa shape index (κ1) is 12.9. The van der Waals surface area contributed by atoms with Gasteiger partial charge < -0.3 is 10.0 Å². The van der Waals surface area contributed by atoms with Crippen LogP contribution in [0.1, 0.15) is 43.6 Å². The fourth-order valence-electron chi connectivity index (χ4n) is 1.93. The van der Waals surface area contributed by atoms with Gasteiger partial charge in [-0.2, -0.15) is 0 Å². The van der Waals surface area contributed by atoms with Crippen molar-refractivity contribution in [1.29, 1.82) is 0 Å². The maximum Gasteiger partial charge on any atom is 0.276 e. The molecule has 1 heterocycles. The van der Waals surface area contributed by atoms with E-state index in [0.29, 0.717) is 12.0 Å². The van der Waals surface area contributed by atoms with Crippen LogP contribution in [0.3, 0.4) is 0 Å². The van der Waals surface area contributed by atoms with E-state index in [2.05, 4.69) is 18.8 Å². The van der Waals surface area contributed by atoms with Crippen molar-refractivity contribution in [2.24, 2.45) is 5.92 Å². The van der Waals surface area contributed by atoms with Crippen LogP contribution < -0.4 is 0 Å². The largest absolute Gasteiger partial charge is 0.505 e. The van der Waals surface area contributed by atoms with Gasteiger partial charge in [-0.15, -0.1) is 0 Å². The van der Waals surface area contributed by atoms with Crippen LogP contribution in [0.4, 0.5) is 0 Å². The summed E-state index contributed by atoms with van der Waals surface area (Å²) in [5.41, 5.74) is 0.174. The Bertz CT molecular complexity index is 428. The predicted octanol–water partition coefficient (Wildman–Crippen LogP) is 2.44. The number of aromatic hydroxyl groups is 1. The molecule has 1 fully saturated rings. The Hall–Kier alpha value is -1.58. The zero-order valence-electron chi connectivity index (χ0n) is 11.0. The molecule has 98 valence electrons. The molecule has 0 unspecified atom stereocenters. The van der Waals surface area contributed by atoms with Crippen LogP contribution in [0.15, 0.2) is 18.3 Å². The number of carbonyl (C=O) groups is 1. The van der Waals surface area contributed by atoms with Gasteiger partial charge in [-0.3, -0.25) is 4.79 Å². The molecule has 4 heteroatoms. The van der Waals surface area contributed by atoms with Gasteiger partial charge in [-0.25, -0.2) is 4.98 Å². The Morgan fingerprint density at radius 3 is 2.83 bits per heavy atom. The molecule has 0 radical (unpaired) electrons. The highest BCUT2D eigenvalue weighted by atomic mass is 16.3. The second kappa shape index (κ2) is 5.38. The average Bonchev–Trinajstić information content (AvgIpc) is 3.13. The van der Waals surface area contributed by atoms with Crippen molar-refractivity contribution in [1.82, 2.24) is 9.88 Å². The molecule has 1 N–H and O–H groups in total. The Kier molecular flexibility index (Phi) is 3.84. The van der Waals surface area contributed by atoms with Crippen molar-refractivity contribution in [2.75, 3.05) is 6.54 Å². The van der Waals surface area contributed by atoms with E-state index in [1.165, 1.54) is 6.07 Å². The molecule has 1 saturated carbocycles. The number of carbonyl (C=O) groups excluding carboxylic acids is 1. The summed E-state index contributed by atoms with van der Waals surface area (Å²) in [5, 5.41) is 9.70. The number of nitrogens with zero attached hydrogens (tertiary/aromatic N) is 2. The summed E-state index contributed by atoms with van der Waals surface area (Å²) in [6.07, 6.45) is 4.66. The fourth-order valence-corrected chi connectivity index (χ4v) is 1.93. The summed E-state index contributed by atoms with van der Waals surface area (Å²) in [4.78, 5) is 18.2. The minimum Gasteiger partial charge on any atom is -0.505 e. The van der Waals surface area contributed by atoms with Gasteiger partial charge in [0.1, 0.15) is 5.75 Å². The minimum absolute atomic E-state index is 0.0299. The quantitative estimate of drug-likeness (QED) is 0.870. The van der Waals surface area contributed by atoms with Crippen molar-refractivity contribution < 1.29 is 9.90 Å². The second-order valence-corrected chi connectivity index (χ2v) is 5.28. The molecule has 1 aliphatic carbocycles. The maximum atomic E-state index is 12.4. The number of amides is 1. The highest BCUT2D eigenvalue weighted by molar-refractivity contribution is 5.95. The third-order valence-corrected chi connectivity index (χ3v) is 3.18. The molecule has 1 aliphatic rings. The van der Waals surface area contributed by atoms with Crippen LogP contribution in [-0.4, -0.2) is 33.5 Å². The lowest BCUT2D eigenvalue weighted by Gasteiger charge is -2.23. The van der Waals surface area contributed by atoms with E-state index in [4.69, 9.17) is 0 Å². The molecule has 0 bridgehead atoms. The number of aromatic nitrogens is 1. The van der Waals surface area contributed by atoms with Crippen LogP contribution in [0, 0.1) is 5.92 Å². The molecule has 0 spiro atoms. The molecule has 1 aromatic rings. The molecule has 1 aromatic heterocycles. The van der Waals surface area contributed by atoms with Gasteiger partial charge >= 0.3 is 0 Å². The van der Waals surface area contributed by atoms with Crippen molar-refractivity contribution >= 4 is 5.91 Å². The van der Waals surface area contributed by atoms with E-state index in [1.54, 1.807) is 12.3 Å². The van der Waals surface area contributed by atoms with Gasteiger partial charge in [-0.05, 0) is 37.3 Å². The van der Waals surface area contributed by atoms with Crippen LogP contribution in [0.5, 0.6) is 5.75 Å². The normalized spacial score (nSPS) is 14.8. The first-order chi connectivity index (χ1) is 8.59. The third-order valence-electron chi connectivity index (χ3n) is 3.18. The highest BCUT2D eigenvalue weighted by Gasteiger charge is 2.34. The van der Waals surface area contributed by atoms with Crippen molar-refractivity contribution in [3.8, 4) is 5.75 Å². The predicted molar refractivity (Wildman–Crippen MR) is 69.4 cm³/mol. The van der Waals surface area contributed by atoms with Gasteiger partial charge in [0.05, 0.1) is 0 Å². The zero-order chi connectivity index (χ0) is 13.1. The average molecular weight is 248 g/mol. The summed E-state index contributed by atoms with van der Waals surface area (Å²) in [6, 6.07) is 3.48. The summed E-state index contributed by atoms with van der Waals surface area (Å²) >= 11 is 0. The monoisotopic (exact) mass is 248 g/mol. The molecule has 0 aromatic carbocycles. The van der Waals surface area contributed by atoms with Crippen molar-refractivity contribution in [2.45, 2.75) is 39.2 Å². The van der Waals surface area contributed by atoms with Gasteiger partial charge in [0.15, 0.2) is 5.69 Å². The molecule has 2 rings (SSSR count). The van der Waals surface area contributed by atoms with Crippen molar-refractivity contribution in [3.63, 3.8) is 0 Å². The second-order valence-electron chi connectivity index (χ2n) is 5.28. The van der Waals surface area contributed by atoms with E-state index in [0.717, 1.165) is 25.8 Å². The Morgan fingerprint density at radius 1 is 1.56 bits per heavy atom. The van der Waals surface area contributed by atoms with E-state index in [9.17, 15) is 9.90 Å². The van der Waals surface area contributed by atoms with E-state index < -0.39 is 0 Å². The topological polar surface area (TPSA) is 53.4 Å². The molecular formula is C14H20N2O2. The lowest BCUT2D eigenvalue weighted by Crippen LogP contribution is -2.35. The maximum absolute atomic E-state index is 12.4. The Morgan fingerprint density at radius 2 is 2.28 bits per heavy atom. The minimum atomic E-state index is -0.142. The standard InChI is InChI=1S/C14H20N2O2/c1-10(2)7-9-16(11-5-6-11)14(18)13-12(17)4-3-8-15-13/h3-4,8,10-11,17H,5-7,9H2,1-2H3. The number of rotatable bonds is 5. The van der Waals surface area contributed by atoms with Gasteiger partial charge in [0.25, 0.3) is 5.91 Å². The van der Waals surface area contributed by atoms with Crippen LogP contribution in [0.25, 0.3) is 0 Å². The van der Waals surface area contributed by atoms with Crippen LogP contribution in [0.2, 0.25) is 0 Å².